The maximum atomic E-state index is 14.5. The van der Waals surface area contributed by atoms with Gasteiger partial charge in [0, 0.05) is 58.5 Å². The minimum absolute atomic E-state index is 0.0125. The highest BCUT2D eigenvalue weighted by Crippen LogP contribution is 2.39. The number of nitrogens with zero attached hydrogens (tertiary/aromatic N) is 1. The second-order valence-corrected chi connectivity index (χ2v) is 21.2. The topological polar surface area (TPSA) is 201 Å². The molecule has 16 atom stereocenters. The molecule has 3 unspecified atom stereocenters. The molecule has 1 amide bonds. The Morgan fingerprint density at radius 3 is 2.25 bits per heavy atom. The summed E-state index contributed by atoms with van der Waals surface area (Å²) in [5.41, 5.74) is 1.25. The Balaban J connectivity index is 1.70. The third-order valence-electron chi connectivity index (χ3n) is 14.7. The van der Waals surface area contributed by atoms with E-state index in [1.54, 1.807) is 41.1 Å². The van der Waals surface area contributed by atoms with Gasteiger partial charge in [-0.2, -0.15) is 0 Å². The first-order valence-corrected chi connectivity index (χ1v) is 26.3. The molecule has 3 fully saturated rings. The van der Waals surface area contributed by atoms with Crippen LogP contribution in [0.4, 0.5) is 0 Å². The van der Waals surface area contributed by atoms with Crippen LogP contribution < -0.4 is 0 Å². The molecule has 2 saturated heterocycles. The Labute approximate surface area is 405 Å². The molecule has 15 nitrogen and oxygen atoms in total. The number of hydrogen-bond acceptors (Lipinski definition) is 14. The van der Waals surface area contributed by atoms with E-state index in [9.17, 15) is 38.8 Å². The third-order valence-corrected chi connectivity index (χ3v) is 15.3. The zero-order chi connectivity index (χ0) is 50.5. The summed E-state index contributed by atoms with van der Waals surface area (Å²) in [6.07, 6.45) is 11.4. The second-order valence-electron chi connectivity index (χ2n) is 20.1. The van der Waals surface area contributed by atoms with Gasteiger partial charge in [-0.25, -0.2) is 4.79 Å². The molecule has 3 heterocycles. The largest absolute Gasteiger partial charge is 0.505 e. The highest BCUT2D eigenvalue weighted by molar-refractivity contribution is 7.38. The van der Waals surface area contributed by atoms with Gasteiger partial charge < -0.3 is 38.8 Å². The summed E-state index contributed by atoms with van der Waals surface area (Å²) in [7, 11) is 2.70. The molecule has 4 aliphatic rings. The van der Waals surface area contributed by atoms with Crippen LogP contribution in [0.1, 0.15) is 126 Å². The van der Waals surface area contributed by atoms with Crippen molar-refractivity contribution in [3.8, 4) is 0 Å². The summed E-state index contributed by atoms with van der Waals surface area (Å²) in [5, 5.41) is 23.4. The summed E-state index contributed by atoms with van der Waals surface area (Å²) in [6, 6.07) is -1.15. The summed E-state index contributed by atoms with van der Waals surface area (Å²) >= 11 is 0. The SMILES string of the molecule is CO[C@H]1CC2CC[C@@H](C)[C@@](O)(O2)C(=O)C(=O)N2CCCCC2C(=O)O[C@H]([C@H](C)C[C@@H]2CC[C@H](O[P+](C)=O)[C@H](OC)C2)CC(=O)[C@H](C)/C=C(\C)[C@@H](O)[C@@H](OC)C(=O)[C@H](C)C[C@H](C)/C=C/C=CC=C1C. The zero-order valence-electron chi connectivity index (χ0n) is 42.4. The van der Waals surface area contributed by atoms with Gasteiger partial charge in [0.15, 0.2) is 12.4 Å². The van der Waals surface area contributed by atoms with Gasteiger partial charge in [-0.3, -0.25) is 19.2 Å². The molecule has 0 aromatic carbocycles. The van der Waals surface area contributed by atoms with Crippen molar-refractivity contribution in [3.05, 3.63) is 47.6 Å². The van der Waals surface area contributed by atoms with Crippen molar-refractivity contribution in [1.82, 2.24) is 4.90 Å². The fourth-order valence-corrected chi connectivity index (χ4v) is 11.0. The number of fused-ring (bicyclic) bond motifs is 3. The number of ketones is 3. The van der Waals surface area contributed by atoms with Crippen LogP contribution >= 0.6 is 8.03 Å². The number of rotatable bonds is 8. The van der Waals surface area contributed by atoms with Crippen LogP contribution in [0.25, 0.3) is 0 Å². The highest BCUT2D eigenvalue weighted by Gasteiger charge is 2.53. The van der Waals surface area contributed by atoms with Crippen LogP contribution in [-0.4, -0.2) is 133 Å². The van der Waals surface area contributed by atoms with E-state index >= 15 is 0 Å². The summed E-state index contributed by atoms with van der Waals surface area (Å²) < 4.78 is 47.3. The standard InChI is InChI=1S/C52H81NO14P/c1-31-17-13-12-14-18-32(2)43(62-8)29-39-22-20-37(7)52(60,66-39)49(57)50(58)53-24-16-15-19-40(53)51(59)65-44(34(4)27-38-21-23-42(67-68(11)61)45(28-38)63-9)30-41(54)33(3)26-36(6)47(56)48(64-10)46(55)35(5)25-31/h12-14,17-18,26,31,33-35,37-40,42-45,47-48,56,60H,15-16,19-25,27-30H2,1-11H3/q+1/b14-12?,17-13+,32-18?,36-26+/t31-,33-,34-,35-,37-,38+,39?,40?,42+,43+,44+,45-,47-,48+,52-/m1/s1. The number of esters is 1. The van der Waals surface area contributed by atoms with E-state index < -0.39 is 85.8 Å². The average Bonchev–Trinajstić information content (AvgIpc) is 3.30. The van der Waals surface area contributed by atoms with Gasteiger partial charge in [-0.15, -0.1) is 4.52 Å². The number of ether oxygens (including phenoxy) is 5. The molecular formula is C52H81NO14P+. The molecular weight excluding hydrogens is 894 g/mol. The zero-order valence-corrected chi connectivity index (χ0v) is 43.3. The van der Waals surface area contributed by atoms with Crippen LogP contribution in [-0.2, 0) is 56.7 Å². The molecule has 1 aliphatic carbocycles. The van der Waals surface area contributed by atoms with E-state index in [2.05, 4.69) is 0 Å². The first-order chi connectivity index (χ1) is 32.1. The molecule has 0 spiro atoms. The number of carbonyl (C=O) groups is 5. The van der Waals surface area contributed by atoms with Gasteiger partial charge in [-0.05, 0) is 112 Å². The van der Waals surface area contributed by atoms with Gasteiger partial charge >= 0.3 is 14.0 Å². The van der Waals surface area contributed by atoms with Crippen LogP contribution in [0.2, 0.25) is 0 Å². The molecule has 0 aromatic heterocycles. The molecule has 0 aromatic rings. The number of aliphatic hydroxyl groups is 2. The quantitative estimate of drug-likeness (QED) is 0.104. The smallest absolute Gasteiger partial charge is 0.460 e. The first-order valence-electron chi connectivity index (χ1n) is 24.7. The van der Waals surface area contributed by atoms with E-state index in [1.165, 1.54) is 18.7 Å². The van der Waals surface area contributed by atoms with Gasteiger partial charge in [0.25, 0.3) is 11.7 Å². The average molecular weight is 975 g/mol. The van der Waals surface area contributed by atoms with Crippen molar-refractivity contribution in [2.75, 3.05) is 34.5 Å². The lowest BCUT2D eigenvalue weighted by Gasteiger charge is -2.42. The molecule has 0 radical (unpaired) electrons. The lowest BCUT2D eigenvalue weighted by molar-refractivity contribution is -0.265. The number of amides is 1. The number of Topliss-reactive ketones (excluding diaryl/α,β-unsaturated/α-hetero) is 3. The van der Waals surface area contributed by atoms with Crippen LogP contribution in [0.15, 0.2) is 47.6 Å². The number of methoxy groups -OCH3 is 3. The lowest BCUT2D eigenvalue weighted by Crippen LogP contribution is -2.61. The minimum atomic E-state index is -2.44. The van der Waals surface area contributed by atoms with Gasteiger partial charge in [0.05, 0.1) is 18.3 Å². The summed E-state index contributed by atoms with van der Waals surface area (Å²) in [6.45, 7) is 14.2. The van der Waals surface area contributed by atoms with Crippen LogP contribution in [0, 0.1) is 35.5 Å². The monoisotopic (exact) mass is 975 g/mol. The molecule has 3 aliphatic heterocycles. The van der Waals surface area contributed by atoms with Crippen LogP contribution in [0.3, 0.4) is 0 Å². The fourth-order valence-electron chi connectivity index (χ4n) is 10.4. The van der Waals surface area contributed by atoms with Crippen molar-refractivity contribution >= 4 is 37.3 Å². The van der Waals surface area contributed by atoms with Crippen molar-refractivity contribution in [2.45, 2.75) is 180 Å². The number of carbonyl (C=O) groups excluding carboxylic acids is 5. The number of allylic oxidation sites excluding steroid dienone is 6. The maximum Gasteiger partial charge on any atom is 0.505 e. The van der Waals surface area contributed by atoms with Gasteiger partial charge in [-0.1, -0.05) is 71.1 Å². The molecule has 68 heavy (non-hydrogen) atoms. The minimum Gasteiger partial charge on any atom is -0.460 e. The molecule has 2 bridgehead atoms. The number of piperidine rings is 1. The van der Waals surface area contributed by atoms with E-state index in [0.29, 0.717) is 63.4 Å². The Morgan fingerprint density at radius 1 is 0.868 bits per heavy atom. The first kappa shape index (κ1) is 57.3. The molecule has 4 rings (SSSR count). The lowest BCUT2D eigenvalue weighted by atomic mass is 9.78. The van der Waals surface area contributed by atoms with E-state index in [4.69, 9.17) is 28.2 Å². The maximum absolute atomic E-state index is 14.5. The van der Waals surface area contributed by atoms with E-state index in [1.807, 2.05) is 58.1 Å². The van der Waals surface area contributed by atoms with Crippen molar-refractivity contribution in [3.63, 3.8) is 0 Å². The third kappa shape index (κ3) is 15.4. The Hall–Kier alpha value is -3.27. The molecule has 1 saturated carbocycles. The normalized spacial score (nSPS) is 38.1. The number of aliphatic hydroxyl groups excluding tert-OH is 1. The van der Waals surface area contributed by atoms with Crippen molar-refractivity contribution < 1.29 is 67.0 Å². The molecule has 382 valence electrons. The van der Waals surface area contributed by atoms with E-state index in [0.717, 1.165) is 12.0 Å². The van der Waals surface area contributed by atoms with Gasteiger partial charge in [0.1, 0.15) is 36.2 Å². The van der Waals surface area contributed by atoms with Gasteiger partial charge in [0.2, 0.25) is 5.79 Å². The Morgan fingerprint density at radius 2 is 1.59 bits per heavy atom. The Kier molecular flexibility index (Phi) is 22.6. The van der Waals surface area contributed by atoms with Crippen molar-refractivity contribution in [2.24, 2.45) is 35.5 Å². The Bertz CT molecular complexity index is 1880. The predicted molar refractivity (Wildman–Crippen MR) is 258 cm³/mol. The predicted octanol–water partition coefficient (Wildman–Crippen LogP) is 7.58. The molecule has 2 N–H and O–H groups in total. The van der Waals surface area contributed by atoms with E-state index in [-0.39, 0.29) is 60.9 Å². The summed E-state index contributed by atoms with van der Waals surface area (Å²) in [5.74, 6) is -8.09. The number of cyclic esters (lactones) is 1. The summed E-state index contributed by atoms with van der Waals surface area (Å²) in [4.78, 5) is 72.1. The highest BCUT2D eigenvalue weighted by atomic mass is 31.1. The van der Waals surface area contributed by atoms with Crippen LogP contribution in [0.5, 0.6) is 0 Å². The molecule has 16 heteroatoms. The second kappa shape index (κ2) is 26.8. The number of hydrogen-bond donors (Lipinski definition) is 2. The fraction of sp³-hybridized carbons (Fsp3) is 0.750. The van der Waals surface area contributed by atoms with Crippen molar-refractivity contribution in [1.29, 1.82) is 0 Å².